The van der Waals surface area contributed by atoms with Crippen molar-refractivity contribution in [3.63, 3.8) is 0 Å². The highest BCUT2D eigenvalue weighted by molar-refractivity contribution is 7.87. The van der Waals surface area contributed by atoms with Crippen LogP contribution in [0.3, 0.4) is 0 Å². The van der Waals surface area contributed by atoms with Crippen LogP contribution in [-0.2, 0) is 14.3 Å². The van der Waals surface area contributed by atoms with E-state index in [9.17, 15) is 21.6 Å². The first-order chi connectivity index (χ1) is 6.79. The Morgan fingerprint density at radius 3 is 2.40 bits per heavy atom. The van der Waals surface area contributed by atoms with E-state index in [1.165, 1.54) is 6.08 Å². The van der Waals surface area contributed by atoms with E-state index in [0.717, 1.165) is 6.42 Å². The molecule has 0 aliphatic heterocycles. The van der Waals surface area contributed by atoms with Gasteiger partial charge in [-0.05, 0) is 31.3 Å². The van der Waals surface area contributed by atoms with Gasteiger partial charge in [-0.3, -0.25) is 0 Å². The van der Waals surface area contributed by atoms with E-state index in [1.807, 2.05) is 0 Å². The molecule has 0 unspecified atom stereocenters. The molecule has 0 radical (unpaired) electrons. The van der Waals surface area contributed by atoms with E-state index < -0.39 is 15.6 Å². The van der Waals surface area contributed by atoms with Gasteiger partial charge >= 0.3 is 15.6 Å². The van der Waals surface area contributed by atoms with Gasteiger partial charge in [0.2, 0.25) is 0 Å². The van der Waals surface area contributed by atoms with E-state index in [0.29, 0.717) is 12.8 Å². The maximum Gasteiger partial charge on any atom is 0.534 e. The van der Waals surface area contributed by atoms with Crippen LogP contribution in [0.1, 0.15) is 19.3 Å². The molecule has 15 heavy (non-hydrogen) atoms. The zero-order chi connectivity index (χ0) is 11.3. The first-order valence-electron chi connectivity index (χ1n) is 4.52. The molecule has 2 aliphatic carbocycles. The monoisotopic (exact) mass is 242 g/mol. The Morgan fingerprint density at radius 2 is 2.00 bits per heavy atom. The summed E-state index contributed by atoms with van der Waals surface area (Å²) in [5, 5.41) is 0. The van der Waals surface area contributed by atoms with Gasteiger partial charge in [0.15, 0.2) is 0 Å². The second kappa shape index (κ2) is 3.13. The lowest BCUT2D eigenvalue weighted by Gasteiger charge is -2.15. The number of hydrogen-bond donors (Lipinski definition) is 0. The molecule has 0 saturated heterocycles. The van der Waals surface area contributed by atoms with Crippen LogP contribution in [0.5, 0.6) is 0 Å². The fourth-order valence-corrected chi connectivity index (χ4v) is 2.60. The van der Waals surface area contributed by atoms with Crippen molar-refractivity contribution in [3.05, 3.63) is 11.8 Å². The highest BCUT2D eigenvalue weighted by Crippen LogP contribution is 2.45. The zero-order valence-corrected chi connectivity index (χ0v) is 8.44. The van der Waals surface area contributed by atoms with Gasteiger partial charge in [-0.25, -0.2) is 0 Å². The molecule has 0 aromatic carbocycles. The molecular weight excluding hydrogens is 233 g/mol. The maximum absolute atomic E-state index is 12.0. The summed E-state index contributed by atoms with van der Waals surface area (Å²) in [4.78, 5) is 0. The lowest BCUT2D eigenvalue weighted by molar-refractivity contribution is -0.0526. The van der Waals surface area contributed by atoms with Gasteiger partial charge in [0.1, 0.15) is 5.76 Å². The molecular formula is C8H9F3O3S. The van der Waals surface area contributed by atoms with Gasteiger partial charge in [0.05, 0.1) is 0 Å². The third kappa shape index (κ3) is 1.84. The molecule has 0 amide bonds. The molecule has 2 aliphatic rings. The van der Waals surface area contributed by atoms with Crippen LogP contribution in [0, 0.1) is 11.8 Å². The van der Waals surface area contributed by atoms with Crippen LogP contribution in [0.2, 0.25) is 0 Å². The molecule has 1 fully saturated rings. The predicted octanol–water partition coefficient (Wildman–Crippen LogP) is 2.17. The Kier molecular flexibility index (Phi) is 2.25. The van der Waals surface area contributed by atoms with Crippen molar-refractivity contribution in [2.45, 2.75) is 24.8 Å². The summed E-state index contributed by atoms with van der Waals surface area (Å²) in [5.74, 6) is 0.0177. The molecule has 2 bridgehead atoms. The Labute approximate surface area is 85.0 Å². The molecule has 0 aromatic rings. The minimum Gasteiger partial charge on any atom is -0.381 e. The van der Waals surface area contributed by atoms with Crippen molar-refractivity contribution in [1.29, 1.82) is 0 Å². The normalized spacial score (nSPS) is 30.5. The molecule has 0 heterocycles. The van der Waals surface area contributed by atoms with Crippen LogP contribution in [-0.4, -0.2) is 13.9 Å². The number of halogens is 3. The van der Waals surface area contributed by atoms with Crippen molar-refractivity contribution >= 4 is 10.1 Å². The minimum atomic E-state index is -5.47. The highest BCUT2D eigenvalue weighted by Gasteiger charge is 2.50. The van der Waals surface area contributed by atoms with Gasteiger partial charge in [-0.15, -0.1) is 0 Å². The Morgan fingerprint density at radius 1 is 1.33 bits per heavy atom. The molecule has 86 valence electrons. The molecule has 7 heteroatoms. The van der Waals surface area contributed by atoms with Gasteiger partial charge in [0.25, 0.3) is 0 Å². The molecule has 0 aromatic heterocycles. The summed E-state index contributed by atoms with van der Waals surface area (Å²) in [6.45, 7) is 0. The smallest absolute Gasteiger partial charge is 0.381 e. The molecule has 0 spiro atoms. The third-order valence-electron chi connectivity index (χ3n) is 2.76. The van der Waals surface area contributed by atoms with Gasteiger partial charge in [-0.1, -0.05) is 0 Å². The number of alkyl halides is 3. The second-order valence-corrected chi connectivity index (χ2v) is 5.36. The fourth-order valence-electron chi connectivity index (χ4n) is 2.06. The quantitative estimate of drug-likeness (QED) is 0.550. The van der Waals surface area contributed by atoms with Crippen LogP contribution in [0.4, 0.5) is 13.2 Å². The highest BCUT2D eigenvalue weighted by atomic mass is 32.2. The fraction of sp³-hybridized carbons (Fsp3) is 0.750. The number of rotatable bonds is 2. The lowest BCUT2D eigenvalue weighted by atomic mass is 10.1. The summed E-state index contributed by atoms with van der Waals surface area (Å²) >= 11 is 0. The Hall–Kier alpha value is -0.720. The zero-order valence-electron chi connectivity index (χ0n) is 7.62. The van der Waals surface area contributed by atoms with Crippen molar-refractivity contribution < 1.29 is 25.8 Å². The average Bonchev–Trinajstić information content (AvgIpc) is 2.61. The maximum atomic E-state index is 12.0. The van der Waals surface area contributed by atoms with E-state index in [2.05, 4.69) is 4.18 Å². The number of hydrogen-bond acceptors (Lipinski definition) is 3. The van der Waals surface area contributed by atoms with E-state index >= 15 is 0 Å². The average molecular weight is 242 g/mol. The number of allylic oxidation sites excluding steroid dienone is 2. The first kappa shape index (κ1) is 10.8. The van der Waals surface area contributed by atoms with Crippen LogP contribution in [0.25, 0.3) is 0 Å². The molecule has 0 N–H and O–H groups in total. The summed E-state index contributed by atoms with van der Waals surface area (Å²) in [6.07, 6.45) is 3.83. The second-order valence-electron chi connectivity index (χ2n) is 3.82. The van der Waals surface area contributed by atoms with E-state index in [4.69, 9.17) is 0 Å². The van der Waals surface area contributed by atoms with Crippen LogP contribution >= 0.6 is 0 Å². The van der Waals surface area contributed by atoms with Gasteiger partial charge in [0, 0.05) is 5.92 Å². The van der Waals surface area contributed by atoms with Gasteiger partial charge in [-0.2, -0.15) is 21.6 Å². The van der Waals surface area contributed by atoms with E-state index in [1.54, 1.807) is 0 Å². The SMILES string of the molecule is O=S(=O)(OC1=C[C@H]2CC[C@@H]1C2)C(F)(F)F. The summed E-state index contributed by atoms with van der Waals surface area (Å²) in [6, 6.07) is 0. The number of fused-ring (bicyclic) bond motifs is 2. The third-order valence-corrected chi connectivity index (χ3v) is 3.74. The standard InChI is InChI=1S/C8H9F3O3S/c9-8(10,11)15(12,13)14-7-4-5-1-2-6(7)3-5/h4-6H,1-3H2/t5-,6+/m0/s1. The van der Waals surface area contributed by atoms with Gasteiger partial charge < -0.3 is 4.18 Å². The molecule has 2 rings (SSSR count). The Balaban J connectivity index is 2.14. The molecule has 1 saturated carbocycles. The van der Waals surface area contributed by atoms with Crippen molar-refractivity contribution in [2.24, 2.45) is 11.8 Å². The molecule has 3 nitrogen and oxygen atoms in total. The van der Waals surface area contributed by atoms with Crippen molar-refractivity contribution in [2.75, 3.05) is 0 Å². The van der Waals surface area contributed by atoms with Crippen molar-refractivity contribution in [1.82, 2.24) is 0 Å². The predicted molar refractivity (Wildman–Crippen MR) is 45.0 cm³/mol. The largest absolute Gasteiger partial charge is 0.534 e. The van der Waals surface area contributed by atoms with Crippen LogP contribution in [0.15, 0.2) is 11.8 Å². The Bertz CT molecular complexity index is 396. The van der Waals surface area contributed by atoms with E-state index in [-0.39, 0.29) is 17.6 Å². The topological polar surface area (TPSA) is 43.4 Å². The first-order valence-corrected chi connectivity index (χ1v) is 5.93. The van der Waals surface area contributed by atoms with Crippen molar-refractivity contribution in [3.8, 4) is 0 Å². The summed E-state index contributed by atoms with van der Waals surface area (Å²) < 4.78 is 61.5. The summed E-state index contributed by atoms with van der Waals surface area (Å²) in [7, 11) is -5.47. The lowest BCUT2D eigenvalue weighted by Crippen LogP contribution is -2.26. The summed E-state index contributed by atoms with van der Waals surface area (Å²) in [5.41, 5.74) is -5.34. The molecule has 2 atom stereocenters. The van der Waals surface area contributed by atoms with Crippen LogP contribution < -0.4 is 0 Å². The minimum absolute atomic E-state index is 0.0245.